The Balaban J connectivity index is 1.61. The standard InChI is InChI=1S/C15H17BrN4O/c1-10-14(8-17-19-10)15(21)18-12-6-7-20(9-12)13-4-2-11(16)3-5-13/h2-5,8,12H,6-7,9H2,1H3,(H,17,19)(H,18,21)/t12-/m1/s1. The third-order valence-corrected chi connectivity index (χ3v) is 4.32. The Labute approximate surface area is 131 Å². The largest absolute Gasteiger partial charge is 0.369 e. The van der Waals surface area contributed by atoms with Crippen molar-refractivity contribution in [2.45, 2.75) is 19.4 Å². The quantitative estimate of drug-likeness (QED) is 0.895. The molecule has 0 spiro atoms. The molecular weight excluding hydrogens is 332 g/mol. The Hall–Kier alpha value is -1.82. The van der Waals surface area contributed by atoms with E-state index in [0.717, 1.165) is 29.7 Å². The van der Waals surface area contributed by atoms with E-state index in [1.54, 1.807) is 6.20 Å². The lowest BCUT2D eigenvalue weighted by Crippen LogP contribution is -2.37. The number of nitrogens with one attached hydrogen (secondary N) is 2. The molecule has 6 heteroatoms. The van der Waals surface area contributed by atoms with E-state index >= 15 is 0 Å². The molecule has 0 saturated carbocycles. The minimum Gasteiger partial charge on any atom is -0.369 e. The first-order valence-corrected chi connectivity index (χ1v) is 7.74. The number of hydrogen-bond donors (Lipinski definition) is 2. The minimum atomic E-state index is -0.0519. The van der Waals surface area contributed by atoms with Crippen molar-refractivity contribution >= 4 is 27.5 Å². The minimum absolute atomic E-state index is 0.0519. The van der Waals surface area contributed by atoms with Crippen molar-refractivity contribution in [1.82, 2.24) is 15.5 Å². The van der Waals surface area contributed by atoms with E-state index in [0.29, 0.717) is 5.56 Å². The number of carbonyl (C=O) groups excluding carboxylic acids is 1. The van der Waals surface area contributed by atoms with Gasteiger partial charge in [0.15, 0.2) is 0 Å². The lowest BCUT2D eigenvalue weighted by molar-refractivity contribution is 0.0940. The van der Waals surface area contributed by atoms with E-state index in [4.69, 9.17) is 0 Å². The zero-order chi connectivity index (χ0) is 14.8. The van der Waals surface area contributed by atoms with Gasteiger partial charge in [0.2, 0.25) is 0 Å². The van der Waals surface area contributed by atoms with E-state index < -0.39 is 0 Å². The van der Waals surface area contributed by atoms with E-state index in [1.165, 1.54) is 5.69 Å². The number of amides is 1. The predicted molar refractivity (Wildman–Crippen MR) is 85.6 cm³/mol. The van der Waals surface area contributed by atoms with Gasteiger partial charge in [0, 0.05) is 35.0 Å². The predicted octanol–water partition coefficient (Wildman–Crippen LogP) is 2.49. The molecule has 1 aromatic heterocycles. The summed E-state index contributed by atoms with van der Waals surface area (Å²) in [6, 6.07) is 8.44. The second-order valence-electron chi connectivity index (χ2n) is 5.29. The first-order chi connectivity index (χ1) is 10.1. The smallest absolute Gasteiger partial charge is 0.255 e. The zero-order valence-electron chi connectivity index (χ0n) is 11.8. The maximum absolute atomic E-state index is 12.2. The van der Waals surface area contributed by atoms with Crippen molar-refractivity contribution in [3.05, 3.63) is 46.2 Å². The highest BCUT2D eigenvalue weighted by Crippen LogP contribution is 2.22. The molecule has 0 unspecified atom stereocenters. The average molecular weight is 349 g/mol. The van der Waals surface area contributed by atoms with Gasteiger partial charge >= 0.3 is 0 Å². The van der Waals surface area contributed by atoms with Gasteiger partial charge < -0.3 is 10.2 Å². The van der Waals surface area contributed by atoms with Crippen LogP contribution in [0.3, 0.4) is 0 Å². The number of nitrogens with zero attached hydrogens (tertiary/aromatic N) is 2. The van der Waals surface area contributed by atoms with E-state index in [1.807, 2.05) is 19.1 Å². The van der Waals surface area contributed by atoms with Crippen molar-refractivity contribution in [3.63, 3.8) is 0 Å². The molecule has 2 N–H and O–H groups in total. The van der Waals surface area contributed by atoms with Crippen LogP contribution in [-0.4, -0.2) is 35.2 Å². The van der Waals surface area contributed by atoms with Crippen LogP contribution in [0.15, 0.2) is 34.9 Å². The molecule has 1 saturated heterocycles. The highest BCUT2D eigenvalue weighted by molar-refractivity contribution is 9.10. The van der Waals surface area contributed by atoms with Crippen LogP contribution >= 0.6 is 15.9 Å². The maximum Gasteiger partial charge on any atom is 0.255 e. The van der Waals surface area contributed by atoms with Crippen molar-refractivity contribution in [1.29, 1.82) is 0 Å². The average Bonchev–Trinajstić information content (AvgIpc) is 3.09. The fraction of sp³-hybridized carbons (Fsp3) is 0.333. The van der Waals surface area contributed by atoms with Crippen LogP contribution in [0.1, 0.15) is 22.5 Å². The first-order valence-electron chi connectivity index (χ1n) is 6.95. The molecule has 1 fully saturated rings. The molecule has 1 aliphatic heterocycles. The molecule has 0 bridgehead atoms. The van der Waals surface area contributed by atoms with Crippen LogP contribution in [0.2, 0.25) is 0 Å². The molecule has 3 rings (SSSR count). The number of benzene rings is 1. The molecule has 1 aliphatic rings. The highest BCUT2D eigenvalue weighted by Gasteiger charge is 2.25. The molecule has 0 radical (unpaired) electrons. The third kappa shape index (κ3) is 3.10. The molecule has 0 aliphatic carbocycles. The van der Waals surface area contributed by atoms with E-state index in [9.17, 15) is 4.79 Å². The van der Waals surface area contributed by atoms with Crippen LogP contribution in [0, 0.1) is 6.92 Å². The lowest BCUT2D eigenvalue weighted by Gasteiger charge is -2.19. The Morgan fingerprint density at radius 1 is 1.43 bits per heavy atom. The van der Waals surface area contributed by atoms with Crippen LogP contribution in [0.25, 0.3) is 0 Å². The summed E-state index contributed by atoms with van der Waals surface area (Å²) in [5.74, 6) is -0.0519. The van der Waals surface area contributed by atoms with Crippen molar-refractivity contribution in [2.75, 3.05) is 18.0 Å². The van der Waals surface area contributed by atoms with Gasteiger partial charge in [0.25, 0.3) is 5.91 Å². The summed E-state index contributed by atoms with van der Waals surface area (Å²) in [5.41, 5.74) is 2.61. The van der Waals surface area contributed by atoms with Crippen molar-refractivity contribution < 1.29 is 4.79 Å². The number of halogens is 1. The maximum atomic E-state index is 12.2. The summed E-state index contributed by atoms with van der Waals surface area (Å²) in [5, 5.41) is 9.76. The Bertz CT molecular complexity index is 637. The van der Waals surface area contributed by atoms with E-state index in [-0.39, 0.29) is 11.9 Å². The lowest BCUT2D eigenvalue weighted by atomic mass is 10.2. The van der Waals surface area contributed by atoms with Gasteiger partial charge in [-0.2, -0.15) is 5.10 Å². The summed E-state index contributed by atoms with van der Waals surface area (Å²) in [6.07, 6.45) is 2.53. The molecule has 1 aromatic carbocycles. The van der Waals surface area contributed by atoms with Gasteiger partial charge in [-0.25, -0.2) is 0 Å². The normalized spacial score (nSPS) is 18.0. The molecule has 1 amide bonds. The number of hydrogen-bond acceptors (Lipinski definition) is 3. The monoisotopic (exact) mass is 348 g/mol. The van der Waals surface area contributed by atoms with Crippen LogP contribution in [0.5, 0.6) is 0 Å². The summed E-state index contributed by atoms with van der Waals surface area (Å²) < 4.78 is 1.07. The molecule has 5 nitrogen and oxygen atoms in total. The fourth-order valence-electron chi connectivity index (χ4n) is 2.61. The number of rotatable bonds is 3. The van der Waals surface area contributed by atoms with Crippen molar-refractivity contribution in [2.24, 2.45) is 0 Å². The van der Waals surface area contributed by atoms with Gasteiger partial charge in [-0.1, -0.05) is 15.9 Å². The summed E-state index contributed by atoms with van der Waals surface area (Å²) in [7, 11) is 0. The number of aromatic nitrogens is 2. The van der Waals surface area contributed by atoms with Crippen LogP contribution in [0.4, 0.5) is 5.69 Å². The Kier molecular flexibility index (Phi) is 3.96. The van der Waals surface area contributed by atoms with Crippen LogP contribution < -0.4 is 10.2 Å². The summed E-state index contributed by atoms with van der Waals surface area (Å²) in [6.45, 7) is 3.64. The summed E-state index contributed by atoms with van der Waals surface area (Å²) in [4.78, 5) is 14.5. The second kappa shape index (κ2) is 5.89. The molecule has 21 heavy (non-hydrogen) atoms. The molecule has 1 atom stereocenters. The number of aromatic amines is 1. The first kappa shape index (κ1) is 14.1. The van der Waals surface area contributed by atoms with Crippen LogP contribution in [-0.2, 0) is 0 Å². The van der Waals surface area contributed by atoms with Gasteiger partial charge in [0.05, 0.1) is 11.8 Å². The Morgan fingerprint density at radius 3 is 2.86 bits per heavy atom. The molecule has 2 heterocycles. The number of H-pyrrole nitrogens is 1. The summed E-state index contributed by atoms with van der Waals surface area (Å²) >= 11 is 3.44. The second-order valence-corrected chi connectivity index (χ2v) is 6.21. The topological polar surface area (TPSA) is 61.0 Å². The van der Waals surface area contributed by atoms with Gasteiger partial charge in [-0.15, -0.1) is 0 Å². The van der Waals surface area contributed by atoms with E-state index in [2.05, 4.69) is 48.5 Å². The van der Waals surface area contributed by atoms with Crippen molar-refractivity contribution in [3.8, 4) is 0 Å². The zero-order valence-corrected chi connectivity index (χ0v) is 13.4. The fourth-order valence-corrected chi connectivity index (χ4v) is 2.87. The number of anilines is 1. The number of carbonyl (C=O) groups is 1. The SMILES string of the molecule is Cc1[nH]ncc1C(=O)N[C@@H]1CCN(c2ccc(Br)cc2)C1. The molecular formula is C15H17BrN4O. The molecule has 110 valence electrons. The van der Waals surface area contributed by atoms with Gasteiger partial charge in [0.1, 0.15) is 0 Å². The van der Waals surface area contributed by atoms with Gasteiger partial charge in [-0.3, -0.25) is 9.89 Å². The molecule has 2 aromatic rings. The third-order valence-electron chi connectivity index (χ3n) is 3.79. The highest BCUT2D eigenvalue weighted by atomic mass is 79.9. The Morgan fingerprint density at radius 2 is 2.19 bits per heavy atom. The van der Waals surface area contributed by atoms with Gasteiger partial charge in [-0.05, 0) is 37.6 Å². The number of aryl methyl sites for hydroxylation is 1.